The molecule has 1 heterocycles. The Morgan fingerprint density at radius 1 is 1.38 bits per heavy atom. The Bertz CT molecular complexity index is 911. The number of hydrogen-bond acceptors (Lipinski definition) is 5. The van der Waals surface area contributed by atoms with Crippen LogP contribution in [0.15, 0.2) is 28.2 Å². The van der Waals surface area contributed by atoms with Crippen LogP contribution in [0.1, 0.15) is 26.2 Å². The number of carbonyl (C=O) groups is 2. The largest absolute Gasteiger partial charge is 0.335 e. The molecule has 1 fully saturated rings. The highest BCUT2D eigenvalue weighted by Crippen LogP contribution is 2.21. The lowest BCUT2D eigenvalue weighted by Crippen LogP contribution is -2.41. The van der Waals surface area contributed by atoms with Gasteiger partial charge in [0, 0.05) is 17.6 Å². The number of amides is 3. The third kappa shape index (κ3) is 4.56. The first-order valence-electron chi connectivity index (χ1n) is 8.41. The van der Waals surface area contributed by atoms with E-state index < -0.39 is 11.9 Å². The van der Waals surface area contributed by atoms with Crippen molar-refractivity contribution in [1.29, 1.82) is 0 Å². The Balaban J connectivity index is 1.76. The summed E-state index contributed by atoms with van der Waals surface area (Å²) in [7, 11) is 0. The summed E-state index contributed by atoms with van der Waals surface area (Å²) in [5.74, 6) is -0.447. The van der Waals surface area contributed by atoms with Gasteiger partial charge in [-0.25, -0.2) is 9.78 Å². The molecular weight excluding hydrogens is 376 g/mol. The highest BCUT2D eigenvalue weighted by Gasteiger charge is 2.24. The lowest BCUT2D eigenvalue weighted by Gasteiger charge is -2.12. The van der Waals surface area contributed by atoms with E-state index in [0.717, 1.165) is 31.0 Å². The molecule has 1 aliphatic rings. The fourth-order valence-corrected chi connectivity index (χ4v) is 3.44. The maximum atomic E-state index is 12.7. The molecule has 0 radical (unpaired) electrons. The number of carbonyl (C=O) groups excluding carboxylic acids is 2. The van der Waals surface area contributed by atoms with Gasteiger partial charge in [0.2, 0.25) is 5.91 Å². The second-order valence-corrected chi connectivity index (χ2v) is 7.48. The topological polar surface area (TPSA) is 93.1 Å². The minimum absolute atomic E-state index is 0.0136. The summed E-state index contributed by atoms with van der Waals surface area (Å²) in [4.78, 5) is 40.8. The second-order valence-electron chi connectivity index (χ2n) is 6.10. The molecule has 0 bridgehead atoms. The first-order valence-corrected chi connectivity index (χ1v) is 9.77. The average molecular weight is 395 g/mol. The fraction of sp³-hybridized carbons (Fsp3) is 0.412. The fourth-order valence-electron chi connectivity index (χ4n) is 2.45. The molecule has 26 heavy (non-hydrogen) atoms. The van der Waals surface area contributed by atoms with Crippen molar-refractivity contribution in [2.75, 3.05) is 5.75 Å². The van der Waals surface area contributed by atoms with Crippen LogP contribution in [0.25, 0.3) is 10.9 Å². The van der Waals surface area contributed by atoms with E-state index in [1.807, 2.05) is 6.92 Å². The van der Waals surface area contributed by atoms with Crippen LogP contribution in [-0.4, -0.2) is 33.3 Å². The Morgan fingerprint density at radius 3 is 2.85 bits per heavy atom. The number of rotatable bonds is 6. The zero-order chi connectivity index (χ0) is 18.7. The van der Waals surface area contributed by atoms with Crippen LogP contribution in [0.2, 0.25) is 5.02 Å². The molecule has 138 valence electrons. The molecule has 3 rings (SSSR count). The standard InChI is InChI=1S/C17H19ClN4O3S/c1-2-7-22-15(24)12-6-3-10(18)8-13(12)20-17(22)26-9-14(23)21-16(25)19-11-4-5-11/h3,6,8,11H,2,4-5,7,9H2,1H3,(H2,19,21,23,25). The lowest BCUT2D eigenvalue weighted by molar-refractivity contribution is -0.117. The molecule has 7 nitrogen and oxygen atoms in total. The van der Waals surface area contributed by atoms with Gasteiger partial charge in [-0.1, -0.05) is 30.3 Å². The number of thioether (sulfide) groups is 1. The second kappa shape index (κ2) is 8.09. The van der Waals surface area contributed by atoms with Gasteiger partial charge in [-0.2, -0.15) is 0 Å². The van der Waals surface area contributed by atoms with Gasteiger partial charge in [0.1, 0.15) is 0 Å². The first kappa shape index (κ1) is 18.7. The van der Waals surface area contributed by atoms with Crippen LogP contribution in [0.5, 0.6) is 0 Å². The van der Waals surface area contributed by atoms with Crippen LogP contribution in [0, 0.1) is 0 Å². The van der Waals surface area contributed by atoms with Gasteiger partial charge in [0.15, 0.2) is 5.16 Å². The van der Waals surface area contributed by atoms with Gasteiger partial charge in [-0.15, -0.1) is 0 Å². The zero-order valence-electron chi connectivity index (χ0n) is 14.3. The molecule has 0 spiro atoms. The van der Waals surface area contributed by atoms with Crippen molar-refractivity contribution in [3.8, 4) is 0 Å². The first-order chi connectivity index (χ1) is 12.5. The smallest absolute Gasteiger partial charge is 0.321 e. The Labute approximate surface area is 159 Å². The number of aromatic nitrogens is 2. The van der Waals surface area contributed by atoms with Crippen LogP contribution in [0.3, 0.4) is 0 Å². The number of fused-ring (bicyclic) bond motifs is 1. The van der Waals surface area contributed by atoms with Crippen molar-refractivity contribution in [2.45, 2.75) is 43.9 Å². The third-order valence-electron chi connectivity index (χ3n) is 3.83. The molecule has 0 unspecified atom stereocenters. The molecule has 2 aromatic rings. The molecule has 0 atom stereocenters. The summed E-state index contributed by atoms with van der Waals surface area (Å²) in [5.41, 5.74) is 0.326. The Kier molecular flexibility index (Phi) is 5.83. The van der Waals surface area contributed by atoms with E-state index in [0.29, 0.717) is 27.6 Å². The number of urea groups is 1. The normalized spacial score (nSPS) is 13.6. The maximum absolute atomic E-state index is 12.7. The molecule has 1 saturated carbocycles. The van der Waals surface area contributed by atoms with Crippen LogP contribution >= 0.6 is 23.4 Å². The molecule has 0 saturated heterocycles. The average Bonchev–Trinajstić information content (AvgIpc) is 3.39. The van der Waals surface area contributed by atoms with Crippen molar-refractivity contribution in [3.05, 3.63) is 33.6 Å². The van der Waals surface area contributed by atoms with Gasteiger partial charge < -0.3 is 5.32 Å². The van der Waals surface area contributed by atoms with Gasteiger partial charge in [0.25, 0.3) is 5.56 Å². The van der Waals surface area contributed by atoms with E-state index in [4.69, 9.17) is 11.6 Å². The van der Waals surface area contributed by atoms with Crippen LogP contribution in [0.4, 0.5) is 4.79 Å². The SMILES string of the molecule is CCCn1c(SCC(=O)NC(=O)NC2CC2)nc2cc(Cl)ccc2c1=O. The monoisotopic (exact) mass is 394 g/mol. The zero-order valence-corrected chi connectivity index (χ0v) is 15.8. The van der Waals surface area contributed by atoms with Crippen molar-refractivity contribution in [3.63, 3.8) is 0 Å². The molecule has 0 aliphatic heterocycles. The van der Waals surface area contributed by atoms with Crippen molar-refractivity contribution in [2.24, 2.45) is 0 Å². The molecular formula is C17H19ClN4O3S. The molecule has 1 aliphatic carbocycles. The van der Waals surface area contributed by atoms with Gasteiger partial charge in [-0.3, -0.25) is 19.5 Å². The van der Waals surface area contributed by atoms with E-state index in [1.54, 1.807) is 22.8 Å². The van der Waals surface area contributed by atoms with E-state index >= 15 is 0 Å². The highest BCUT2D eigenvalue weighted by atomic mass is 35.5. The predicted molar refractivity (Wildman–Crippen MR) is 102 cm³/mol. The molecule has 1 aromatic heterocycles. The quantitative estimate of drug-likeness (QED) is 0.580. The number of benzene rings is 1. The van der Waals surface area contributed by atoms with Crippen molar-refractivity contribution in [1.82, 2.24) is 20.2 Å². The van der Waals surface area contributed by atoms with Gasteiger partial charge in [0.05, 0.1) is 16.7 Å². The molecule has 2 N–H and O–H groups in total. The summed E-state index contributed by atoms with van der Waals surface area (Å²) in [6, 6.07) is 4.63. The van der Waals surface area contributed by atoms with Crippen molar-refractivity contribution >= 4 is 46.2 Å². The maximum Gasteiger partial charge on any atom is 0.321 e. The lowest BCUT2D eigenvalue weighted by atomic mass is 10.2. The van der Waals surface area contributed by atoms with E-state index in [1.165, 1.54) is 0 Å². The van der Waals surface area contributed by atoms with Gasteiger partial charge >= 0.3 is 6.03 Å². The number of hydrogen-bond donors (Lipinski definition) is 2. The summed E-state index contributed by atoms with van der Waals surface area (Å²) >= 11 is 7.11. The summed E-state index contributed by atoms with van der Waals surface area (Å²) in [6.07, 6.45) is 2.65. The van der Waals surface area contributed by atoms with Gasteiger partial charge in [-0.05, 0) is 37.5 Å². The van der Waals surface area contributed by atoms with Crippen molar-refractivity contribution < 1.29 is 9.59 Å². The minimum Gasteiger partial charge on any atom is -0.335 e. The number of imide groups is 1. The number of halogens is 1. The van der Waals surface area contributed by atoms with E-state index in [-0.39, 0.29) is 17.4 Å². The number of nitrogens with zero attached hydrogens (tertiary/aromatic N) is 2. The summed E-state index contributed by atoms with van der Waals surface area (Å²) in [6.45, 7) is 2.46. The summed E-state index contributed by atoms with van der Waals surface area (Å²) in [5, 5.41) is 6.39. The van der Waals surface area contributed by atoms with Crippen LogP contribution < -0.4 is 16.2 Å². The third-order valence-corrected chi connectivity index (χ3v) is 5.04. The van der Waals surface area contributed by atoms with Crippen LogP contribution in [-0.2, 0) is 11.3 Å². The molecule has 3 amide bonds. The molecule has 1 aromatic carbocycles. The van der Waals surface area contributed by atoms with E-state index in [9.17, 15) is 14.4 Å². The number of nitrogens with one attached hydrogen (secondary N) is 2. The highest BCUT2D eigenvalue weighted by molar-refractivity contribution is 7.99. The minimum atomic E-state index is -0.484. The predicted octanol–water partition coefficient (Wildman–Crippen LogP) is 2.54. The molecule has 9 heteroatoms. The van der Waals surface area contributed by atoms with E-state index in [2.05, 4.69) is 15.6 Å². The summed E-state index contributed by atoms with van der Waals surface area (Å²) < 4.78 is 1.55. The Hall–Kier alpha value is -2.06. The Morgan fingerprint density at radius 2 is 2.15 bits per heavy atom.